The van der Waals surface area contributed by atoms with E-state index in [1.807, 2.05) is 23.1 Å². The molecule has 0 bridgehead atoms. The number of nitrogen functional groups attached to an aromatic ring is 1. The van der Waals surface area contributed by atoms with E-state index >= 15 is 0 Å². The number of nitrogens with one attached hydrogen (secondary N) is 2. The molecule has 0 saturated carbocycles. The van der Waals surface area contributed by atoms with Gasteiger partial charge >= 0.3 is 0 Å². The molecule has 32 heavy (non-hydrogen) atoms. The highest BCUT2D eigenvalue weighted by molar-refractivity contribution is 7.12. The molecule has 0 aliphatic carbocycles. The van der Waals surface area contributed by atoms with Crippen LogP contribution in [0.2, 0.25) is 0 Å². The van der Waals surface area contributed by atoms with Gasteiger partial charge in [0.25, 0.3) is 22.3 Å². The highest BCUT2D eigenvalue weighted by atomic mass is 32.1. The summed E-state index contributed by atoms with van der Waals surface area (Å²) >= 11 is 1.08. The molecule has 1 amide bonds. The van der Waals surface area contributed by atoms with Gasteiger partial charge in [-0.1, -0.05) is 18.2 Å². The molecule has 0 atom stereocenters. The van der Waals surface area contributed by atoms with Crippen LogP contribution in [-0.2, 0) is 19.5 Å². The molecule has 0 saturated heterocycles. The SMILES string of the molecule is Cc1nsc2nc(C(=O)NCc3ccc4c(c3)CN(c3c(N)c(=O)c3=O)CC4)[nH]c(=O)c12. The monoisotopic (exact) mass is 450 g/mol. The number of anilines is 2. The Morgan fingerprint density at radius 1 is 1.25 bits per heavy atom. The molecule has 0 radical (unpaired) electrons. The molecule has 4 N–H and O–H groups in total. The highest BCUT2D eigenvalue weighted by Crippen LogP contribution is 2.26. The maximum Gasteiger partial charge on any atom is 0.287 e. The molecule has 162 valence electrons. The van der Waals surface area contributed by atoms with Crippen LogP contribution in [0.25, 0.3) is 10.2 Å². The van der Waals surface area contributed by atoms with Gasteiger partial charge in [-0.3, -0.25) is 19.2 Å². The second-order valence-electron chi connectivity index (χ2n) is 7.74. The van der Waals surface area contributed by atoms with Gasteiger partial charge in [0.2, 0.25) is 5.82 Å². The van der Waals surface area contributed by atoms with E-state index in [1.165, 1.54) is 0 Å². The lowest BCUT2D eigenvalue weighted by molar-refractivity contribution is 0.0940. The molecule has 0 fully saturated rings. The second-order valence-corrected chi connectivity index (χ2v) is 8.49. The van der Waals surface area contributed by atoms with Gasteiger partial charge in [-0.15, -0.1) is 0 Å². The van der Waals surface area contributed by atoms with Crippen LogP contribution in [0.1, 0.15) is 33.0 Å². The van der Waals surface area contributed by atoms with Crippen LogP contribution in [0, 0.1) is 6.92 Å². The van der Waals surface area contributed by atoms with Gasteiger partial charge in [0.15, 0.2) is 4.83 Å². The first kappa shape index (κ1) is 20.1. The molecule has 4 aromatic rings. The fraction of sp³-hybridized carbons (Fsp3) is 0.238. The normalized spacial score (nSPS) is 13.5. The summed E-state index contributed by atoms with van der Waals surface area (Å²) in [6, 6.07) is 5.87. The lowest BCUT2D eigenvalue weighted by Gasteiger charge is -2.32. The summed E-state index contributed by atoms with van der Waals surface area (Å²) in [5.74, 6) is -0.559. The summed E-state index contributed by atoms with van der Waals surface area (Å²) in [5.41, 5.74) is 8.06. The van der Waals surface area contributed by atoms with Crippen molar-refractivity contribution in [2.45, 2.75) is 26.4 Å². The molecule has 3 heterocycles. The summed E-state index contributed by atoms with van der Waals surface area (Å²) < 4.78 is 4.11. The maximum atomic E-state index is 12.5. The topological polar surface area (TPSA) is 151 Å². The fourth-order valence-corrected chi connectivity index (χ4v) is 4.77. The number of aromatic amines is 1. The van der Waals surface area contributed by atoms with Crippen molar-refractivity contribution < 1.29 is 4.79 Å². The van der Waals surface area contributed by atoms with Gasteiger partial charge in [0.05, 0.1) is 11.1 Å². The van der Waals surface area contributed by atoms with Crippen molar-refractivity contribution in [2.24, 2.45) is 0 Å². The van der Waals surface area contributed by atoms with Crippen LogP contribution in [0.4, 0.5) is 11.4 Å². The molecule has 1 aliphatic heterocycles. The van der Waals surface area contributed by atoms with Gasteiger partial charge in [-0.25, -0.2) is 4.98 Å². The average molecular weight is 450 g/mol. The first-order chi connectivity index (χ1) is 15.3. The number of aryl methyl sites for hydroxylation is 1. The van der Waals surface area contributed by atoms with Crippen LogP contribution in [-0.4, -0.2) is 26.8 Å². The number of hydrogen-bond acceptors (Lipinski definition) is 9. The summed E-state index contributed by atoms with van der Waals surface area (Å²) in [6.45, 7) is 3.02. The molecule has 5 rings (SSSR count). The lowest BCUT2D eigenvalue weighted by atomic mass is 9.96. The number of hydrogen-bond donors (Lipinski definition) is 3. The fourth-order valence-electron chi connectivity index (χ4n) is 3.99. The quantitative estimate of drug-likeness (QED) is 0.377. The van der Waals surface area contributed by atoms with E-state index in [-0.39, 0.29) is 18.1 Å². The van der Waals surface area contributed by atoms with Gasteiger partial charge in [0.1, 0.15) is 11.4 Å². The van der Waals surface area contributed by atoms with Crippen LogP contribution >= 0.6 is 11.5 Å². The number of benzene rings is 1. The number of rotatable bonds is 4. The second kappa shape index (κ2) is 7.38. The van der Waals surface area contributed by atoms with Gasteiger partial charge in [-0.05, 0) is 41.6 Å². The Morgan fingerprint density at radius 3 is 2.84 bits per heavy atom. The van der Waals surface area contributed by atoms with Crippen molar-refractivity contribution in [3.8, 4) is 0 Å². The van der Waals surface area contributed by atoms with E-state index in [0.717, 1.165) is 34.6 Å². The van der Waals surface area contributed by atoms with Gasteiger partial charge in [-0.2, -0.15) is 4.37 Å². The molecule has 10 nitrogen and oxygen atoms in total. The third-order valence-corrected chi connectivity index (χ3v) is 6.54. The smallest absolute Gasteiger partial charge is 0.287 e. The van der Waals surface area contributed by atoms with Crippen molar-refractivity contribution >= 4 is 39.0 Å². The summed E-state index contributed by atoms with van der Waals surface area (Å²) in [7, 11) is 0. The van der Waals surface area contributed by atoms with Crippen LogP contribution in [0.15, 0.2) is 32.6 Å². The molecule has 1 aliphatic rings. The number of nitrogens with zero attached hydrogens (tertiary/aromatic N) is 3. The third-order valence-electron chi connectivity index (χ3n) is 5.71. The maximum absolute atomic E-state index is 12.5. The minimum atomic E-state index is -0.624. The van der Waals surface area contributed by atoms with Crippen molar-refractivity contribution in [1.29, 1.82) is 0 Å². The number of nitrogens with two attached hydrogens (primary N) is 1. The minimum absolute atomic E-state index is 0.0245. The number of amides is 1. The third kappa shape index (κ3) is 3.17. The number of H-pyrrole nitrogens is 1. The summed E-state index contributed by atoms with van der Waals surface area (Å²) in [5, 5.41) is 3.16. The minimum Gasteiger partial charge on any atom is -0.394 e. The largest absolute Gasteiger partial charge is 0.394 e. The summed E-state index contributed by atoms with van der Waals surface area (Å²) in [4.78, 5) is 57.0. The number of aromatic nitrogens is 3. The zero-order chi connectivity index (χ0) is 22.6. The van der Waals surface area contributed by atoms with E-state index in [2.05, 4.69) is 19.7 Å². The molecule has 11 heteroatoms. The average Bonchev–Trinajstić information content (AvgIpc) is 3.18. The van der Waals surface area contributed by atoms with E-state index in [1.54, 1.807) is 6.92 Å². The molecular weight excluding hydrogens is 432 g/mol. The zero-order valence-electron chi connectivity index (χ0n) is 17.0. The van der Waals surface area contributed by atoms with Crippen molar-refractivity contribution in [3.63, 3.8) is 0 Å². The van der Waals surface area contributed by atoms with Gasteiger partial charge < -0.3 is 20.9 Å². The lowest BCUT2D eigenvalue weighted by Crippen LogP contribution is -2.44. The Balaban J connectivity index is 1.32. The summed E-state index contributed by atoms with van der Waals surface area (Å²) in [6.07, 6.45) is 0.722. The predicted octanol–water partition coefficient (Wildman–Crippen LogP) is 0.359. The Hall–Kier alpha value is -3.86. The predicted molar refractivity (Wildman–Crippen MR) is 121 cm³/mol. The van der Waals surface area contributed by atoms with Crippen molar-refractivity contribution in [1.82, 2.24) is 19.7 Å². The first-order valence-electron chi connectivity index (χ1n) is 9.92. The molecule has 0 spiro atoms. The van der Waals surface area contributed by atoms with E-state index in [0.29, 0.717) is 34.7 Å². The Morgan fingerprint density at radius 2 is 2.06 bits per heavy atom. The van der Waals surface area contributed by atoms with E-state index in [9.17, 15) is 19.2 Å². The Bertz CT molecular complexity index is 1530. The number of carbonyl (C=O) groups excluding carboxylic acids is 1. The standard InChI is InChI=1S/C21H18N6O4S/c1-9-13-19(30)24-18(25-21(13)32-26-9)20(31)23-7-10-2-3-11-4-5-27(8-12(11)6-10)15-14(22)16(28)17(15)29/h2-3,6H,4-5,7-8,22H2,1H3,(H,23,31)(H,24,25,30). The molecular formula is C21H18N6O4S. The Kier molecular flexibility index (Phi) is 4.63. The number of fused-ring (bicyclic) bond motifs is 2. The van der Waals surface area contributed by atoms with E-state index < -0.39 is 22.3 Å². The van der Waals surface area contributed by atoms with Crippen molar-refractivity contribution in [3.05, 3.63) is 77.2 Å². The first-order valence-corrected chi connectivity index (χ1v) is 10.7. The Labute approximate surface area is 184 Å². The van der Waals surface area contributed by atoms with E-state index in [4.69, 9.17) is 5.73 Å². The zero-order valence-corrected chi connectivity index (χ0v) is 17.8. The molecule has 0 unspecified atom stereocenters. The van der Waals surface area contributed by atoms with Gasteiger partial charge in [0, 0.05) is 19.6 Å². The van der Waals surface area contributed by atoms with Crippen LogP contribution in [0.3, 0.4) is 0 Å². The highest BCUT2D eigenvalue weighted by Gasteiger charge is 2.26. The van der Waals surface area contributed by atoms with Crippen LogP contribution < -0.4 is 32.4 Å². The van der Waals surface area contributed by atoms with Crippen molar-refractivity contribution in [2.75, 3.05) is 17.2 Å². The van der Waals surface area contributed by atoms with Crippen LogP contribution in [0.5, 0.6) is 0 Å². The molecule has 2 aromatic heterocycles. The molecule has 2 aromatic carbocycles. The number of carbonyl (C=O) groups is 1.